The summed E-state index contributed by atoms with van der Waals surface area (Å²) in [6.07, 6.45) is 2.99. The molecule has 0 aliphatic carbocycles. The van der Waals surface area contributed by atoms with Crippen LogP contribution < -0.4 is 15.8 Å². The number of ether oxygens (including phenoxy) is 1. The molecule has 2 amide bonds. The standard InChI is InChI=1S/C22H20N6O3/c1-27-20(21(23)29)19(13-24-27)25-22(30)18-11-12-28(26-18)14-31-17-9-7-16(8-10-17)15-5-3-2-4-6-15/h2-13H,14H2,1H3,(H2,23,29)(H,25,30). The monoisotopic (exact) mass is 416 g/mol. The highest BCUT2D eigenvalue weighted by molar-refractivity contribution is 6.07. The third-order valence-electron chi connectivity index (χ3n) is 4.62. The maximum absolute atomic E-state index is 12.4. The number of anilines is 1. The molecule has 156 valence electrons. The Hall–Kier alpha value is -4.40. The van der Waals surface area contributed by atoms with Crippen molar-refractivity contribution in [2.24, 2.45) is 12.8 Å². The Morgan fingerprint density at radius 1 is 1.03 bits per heavy atom. The fraction of sp³-hybridized carbons (Fsp3) is 0.0909. The lowest BCUT2D eigenvalue weighted by Gasteiger charge is -2.08. The van der Waals surface area contributed by atoms with Crippen LogP contribution in [0.25, 0.3) is 11.1 Å². The van der Waals surface area contributed by atoms with Crippen molar-refractivity contribution in [2.45, 2.75) is 6.73 Å². The number of aryl methyl sites for hydroxylation is 1. The van der Waals surface area contributed by atoms with E-state index in [4.69, 9.17) is 10.5 Å². The summed E-state index contributed by atoms with van der Waals surface area (Å²) in [6.45, 7) is 0.136. The Morgan fingerprint density at radius 3 is 2.45 bits per heavy atom. The molecule has 0 saturated heterocycles. The van der Waals surface area contributed by atoms with Crippen LogP contribution in [0, 0.1) is 0 Å². The summed E-state index contributed by atoms with van der Waals surface area (Å²) >= 11 is 0. The molecule has 2 aromatic carbocycles. The SMILES string of the molecule is Cn1ncc(NC(=O)c2ccn(COc3ccc(-c4ccccc4)cc3)n2)c1C(N)=O. The first-order valence-corrected chi connectivity index (χ1v) is 9.46. The van der Waals surface area contributed by atoms with E-state index >= 15 is 0 Å². The second kappa shape index (κ2) is 8.54. The first kappa shape index (κ1) is 19.9. The topological polar surface area (TPSA) is 117 Å². The van der Waals surface area contributed by atoms with E-state index in [0.29, 0.717) is 5.75 Å². The second-order valence-electron chi connectivity index (χ2n) is 6.75. The van der Waals surface area contributed by atoms with Gasteiger partial charge in [0.2, 0.25) is 0 Å². The Morgan fingerprint density at radius 2 is 1.74 bits per heavy atom. The van der Waals surface area contributed by atoms with Crippen molar-refractivity contribution in [1.82, 2.24) is 19.6 Å². The van der Waals surface area contributed by atoms with Gasteiger partial charge in [-0.15, -0.1) is 0 Å². The van der Waals surface area contributed by atoms with Gasteiger partial charge in [-0.2, -0.15) is 10.2 Å². The number of amides is 2. The lowest BCUT2D eigenvalue weighted by molar-refractivity contribution is 0.0992. The van der Waals surface area contributed by atoms with Crippen molar-refractivity contribution in [3.8, 4) is 16.9 Å². The van der Waals surface area contributed by atoms with Crippen molar-refractivity contribution >= 4 is 17.5 Å². The van der Waals surface area contributed by atoms with Gasteiger partial charge in [0.05, 0.1) is 11.9 Å². The number of rotatable bonds is 7. The molecule has 0 aliphatic rings. The largest absolute Gasteiger partial charge is 0.471 e. The van der Waals surface area contributed by atoms with Gasteiger partial charge in [0.25, 0.3) is 11.8 Å². The first-order chi connectivity index (χ1) is 15.0. The number of hydrogen-bond donors (Lipinski definition) is 2. The number of aromatic nitrogens is 4. The molecule has 31 heavy (non-hydrogen) atoms. The maximum Gasteiger partial charge on any atom is 0.276 e. The van der Waals surface area contributed by atoms with Gasteiger partial charge in [-0.05, 0) is 29.3 Å². The van der Waals surface area contributed by atoms with Crippen LogP contribution in [0.5, 0.6) is 5.75 Å². The number of nitrogens with two attached hydrogens (primary N) is 1. The number of nitrogens with zero attached hydrogens (tertiary/aromatic N) is 4. The zero-order valence-electron chi connectivity index (χ0n) is 16.7. The molecule has 3 N–H and O–H groups in total. The highest BCUT2D eigenvalue weighted by atomic mass is 16.5. The van der Waals surface area contributed by atoms with E-state index in [1.54, 1.807) is 19.3 Å². The number of carbonyl (C=O) groups is 2. The Kier molecular flexibility index (Phi) is 5.48. The van der Waals surface area contributed by atoms with Crippen molar-refractivity contribution in [2.75, 3.05) is 5.32 Å². The van der Waals surface area contributed by atoms with Crippen LogP contribution in [0.15, 0.2) is 73.1 Å². The van der Waals surface area contributed by atoms with Gasteiger partial charge in [-0.1, -0.05) is 42.5 Å². The highest BCUT2D eigenvalue weighted by Crippen LogP contribution is 2.22. The van der Waals surface area contributed by atoms with E-state index < -0.39 is 11.8 Å². The van der Waals surface area contributed by atoms with E-state index in [2.05, 4.69) is 15.5 Å². The lowest BCUT2D eigenvalue weighted by Crippen LogP contribution is -2.20. The van der Waals surface area contributed by atoms with Gasteiger partial charge in [0, 0.05) is 13.2 Å². The van der Waals surface area contributed by atoms with E-state index in [-0.39, 0.29) is 23.8 Å². The highest BCUT2D eigenvalue weighted by Gasteiger charge is 2.18. The summed E-state index contributed by atoms with van der Waals surface area (Å²) < 4.78 is 8.54. The number of benzene rings is 2. The third kappa shape index (κ3) is 4.45. The van der Waals surface area contributed by atoms with Crippen LogP contribution in [-0.4, -0.2) is 31.4 Å². The minimum atomic E-state index is -0.687. The lowest BCUT2D eigenvalue weighted by atomic mass is 10.1. The molecule has 0 radical (unpaired) electrons. The van der Waals surface area contributed by atoms with E-state index in [0.717, 1.165) is 11.1 Å². The van der Waals surface area contributed by atoms with Crippen LogP contribution in [-0.2, 0) is 13.8 Å². The number of carbonyl (C=O) groups excluding carboxylic acids is 2. The summed E-state index contributed by atoms with van der Waals surface area (Å²) in [5.74, 6) is -0.489. The van der Waals surface area contributed by atoms with E-state index in [9.17, 15) is 9.59 Å². The summed E-state index contributed by atoms with van der Waals surface area (Å²) in [5.41, 5.74) is 8.05. The molecular formula is C22H20N6O3. The predicted octanol–water partition coefficient (Wildman–Crippen LogP) is 2.67. The number of nitrogens with one attached hydrogen (secondary N) is 1. The molecule has 0 spiro atoms. The summed E-state index contributed by atoms with van der Waals surface area (Å²) in [6, 6.07) is 19.3. The van der Waals surface area contributed by atoms with E-state index in [1.165, 1.54) is 15.6 Å². The average Bonchev–Trinajstić information content (AvgIpc) is 3.40. The van der Waals surface area contributed by atoms with Crippen LogP contribution >= 0.6 is 0 Å². The average molecular weight is 416 g/mol. The second-order valence-corrected chi connectivity index (χ2v) is 6.75. The van der Waals surface area contributed by atoms with Crippen molar-refractivity contribution in [3.05, 3.63) is 84.4 Å². The van der Waals surface area contributed by atoms with Crippen LogP contribution in [0.2, 0.25) is 0 Å². The molecule has 9 nitrogen and oxygen atoms in total. The van der Waals surface area contributed by atoms with Gasteiger partial charge in [0.15, 0.2) is 12.4 Å². The molecule has 0 bridgehead atoms. The summed E-state index contributed by atoms with van der Waals surface area (Å²) in [7, 11) is 1.56. The molecule has 9 heteroatoms. The molecule has 4 aromatic rings. The Bertz CT molecular complexity index is 1210. The smallest absolute Gasteiger partial charge is 0.276 e. The zero-order valence-corrected chi connectivity index (χ0v) is 16.7. The summed E-state index contributed by atoms with van der Waals surface area (Å²) in [5, 5.41) is 10.7. The maximum atomic E-state index is 12.4. The summed E-state index contributed by atoms with van der Waals surface area (Å²) in [4.78, 5) is 24.0. The first-order valence-electron chi connectivity index (χ1n) is 9.46. The number of primary amides is 1. The minimum absolute atomic E-state index is 0.107. The van der Waals surface area contributed by atoms with Crippen molar-refractivity contribution < 1.29 is 14.3 Å². The molecule has 0 atom stereocenters. The van der Waals surface area contributed by atoms with Gasteiger partial charge in [-0.25, -0.2) is 4.68 Å². The Labute approximate surface area is 178 Å². The third-order valence-corrected chi connectivity index (χ3v) is 4.62. The zero-order chi connectivity index (χ0) is 21.8. The van der Waals surface area contributed by atoms with Crippen LogP contribution in [0.1, 0.15) is 21.0 Å². The molecule has 0 aliphatic heterocycles. The molecular weight excluding hydrogens is 396 g/mol. The van der Waals surface area contributed by atoms with Gasteiger partial charge >= 0.3 is 0 Å². The predicted molar refractivity (Wildman–Crippen MR) is 114 cm³/mol. The fourth-order valence-corrected chi connectivity index (χ4v) is 3.08. The molecule has 0 saturated carbocycles. The fourth-order valence-electron chi connectivity index (χ4n) is 3.08. The Balaban J connectivity index is 1.37. The number of hydrogen-bond acceptors (Lipinski definition) is 5. The van der Waals surface area contributed by atoms with Crippen LogP contribution in [0.3, 0.4) is 0 Å². The van der Waals surface area contributed by atoms with Gasteiger partial charge < -0.3 is 15.8 Å². The van der Waals surface area contributed by atoms with E-state index in [1.807, 2.05) is 54.6 Å². The van der Waals surface area contributed by atoms with Gasteiger partial charge in [0.1, 0.15) is 11.4 Å². The molecule has 4 rings (SSSR count). The quantitative estimate of drug-likeness (QED) is 0.480. The molecule has 2 heterocycles. The normalized spacial score (nSPS) is 10.6. The molecule has 0 fully saturated rings. The molecule has 2 aromatic heterocycles. The van der Waals surface area contributed by atoms with Crippen LogP contribution in [0.4, 0.5) is 5.69 Å². The molecule has 0 unspecified atom stereocenters. The van der Waals surface area contributed by atoms with Crippen molar-refractivity contribution in [3.63, 3.8) is 0 Å². The van der Waals surface area contributed by atoms with Gasteiger partial charge in [-0.3, -0.25) is 14.3 Å². The minimum Gasteiger partial charge on any atom is -0.471 e. The van der Waals surface area contributed by atoms with Crippen molar-refractivity contribution in [1.29, 1.82) is 0 Å².